The van der Waals surface area contributed by atoms with Gasteiger partial charge in [-0.25, -0.2) is 4.98 Å². The molecule has 4 heteroatoms. The molecule has 0 bridgehead atoms. The van der Waals surface area contributed by atoms with Gasteiger partial charge in [0.2, 0.25) is 0 Å². The molecule has 0 aliphatic heterocycles. The fraction of sp³-hybridized carbons (Fsp3) is 0.308. The van der Waals surface area contributed by atoms with Crippen LogP contribution in [0.5, 0.6) is 5.75 Å². The zero-order valence-corrected chi connectivity index (χ0v) is 10.8. The Kier molecular flexibility index (Phi) is 3.76. The lowest BCUT2D eigenvalue weighted by Gasteiger charge is -2.00. The Morgan fingerprint density at radius 1 is 1.29 bits per heavy atom. The Morgan fingerprint density at radius 3 is 2.47 bits per heavy atom. The average molecular weight is 249 g/mol. The van der Waals surface area contributed by atoms with Gasteiger partial charge in [0, 0.05) is 5.56 Å². The number of ether oxygens (including phenoxy) is 1. The number of hydrogen-bond acceptors (Lipinski definition) is 4. The Bertz CT molecular complexity index is 469. The molecule has 0 fully saturated rings. The third-order valence-corrected chi connectivity index (χ3v) is 3.73. The third kappa shape index (κ3) is 2.48. The summed E-state index contributed by atoms with van der Waals surface area (Å²) in [5.74, 6) is 0.836. The summed E-state index contributed by atoms with van der Waals surface area (Å²) < 4.78 is 5.12. The van der Waals surface area contributed by atoms with Crippen LogP contribution < -0.4 is 4.74 Å². The molecular formula is C13H15NO2S. The van der Waals surface area contributed by atoms with Crippen LogP contribution in [0.15, 0.2) is 24.3 Å². The van der Waals surface area contributed by atoms with Gasteiger partial charge in [0.05, 0.1) is 24.3 Å². The molecule has 1 N–H and O–H groups in total. The van der Waals surface area contributed by atoms with Crippen molar-refractivity contribution in [3.63, 3.8) is 0 Å². The predicted octanol–water partition coefficient (Wildman–Crippen LogP) is 2.87. The summed E-state index contributed by atoms with van der Waals surface area (Å²) in [5, 5.41) is 10.2. The topological polar surface area (TPSA) is 42.4 Å². The van der Waals surface area contributed by atoms with Crippen LogP contribution in [0, 0.1) is 0 Å². The van der Waals surface area contributed by atoms with E-state index in [1.807, 2.05) is 31.2 Å². The van der Waals surface area contributed by atoms with Crippen LogP contribution in [0.3, 0.4) is 0 Å². The normalized spacial score (nSPS) is 10.5. The van der Waals surface area contributed by atoms with Crippen molar-refractivity contribution in [2.24, 2.45) is 0 Å². The number of hydrogen-bond donors (Lipinski definition) is 1. The summed E-state index contributed by atoms with van der Waals surface area (Å²) >= 11 is 1.55. The number of thiazole rings is 1. The van der Waals surface area contributed by atoms with E-state index >= 15 is 0 Å². The van der Waals surface area contributed by atoms with E-state index in [0.29, 0.717) is 0 Å². The average Bonchev–Trinajstić information content (AvgIpc) is 2.82. The molecule has 0 atom stereocenters. The second-order valence-electron chi connectivity index (χ2n) is 3.63. The van der Waals surface area contributed by atoms with Gasteiger partial charge in [-0.2, -0.15) is 0 Å². The first-order valence-electron chi connectivity index (χ1n) is 5.52. The molecule has 0 radical (unpaired) electrons. The molecular weight excluding hydrogens is 234 g/mol. The minimum Gasteiger partial charge on any atom is -0.497 e. The minimum atomic E-state index is 0.0665. The van der Waals surface area contributed by atoms with Crippen LogP contribution in [0.4, 0.5) is 0 Å². The Hall–Kier alpha value is -1.39. The first-order chi connectivity index (χ1) is 8.28. The van der Waals surface area contributed by atoms with Crippen LogP contribution in [-0.4, -0.2) is 17.2 Å². The quantitative estimate of drug-likeness (QED) is 0.906. The van der Waals surface area contributed by atoms with E-state index in [0.717, 1.165) is 33.3 Å². The molecule has 0 saturated carbocycles. The molecule has 0 amide bonds. The van der Waals surface area contributed by atoms with Crippen molar-refractivity contribution in [2.75, 3.05) is 7.11 Å². The fourth-order valence-electron chi connectivity index (χ4n) is 1.64. The van der Waals surface area contributed by atoms with Crippen LogP contribution in [0.25, 0.3) is 10.6 Å². The molecule has 90 valence electrons. The number of aliphatic hydroxyl groups is 1. The lowest BCUT2D eigenvalue weighted by Crippen LogP contribution is -1.87. The van der Waals surface area contributed by atoms with E-state index in [-0.39, 0.29) is 6.61 Å². The highest BCUT2D eigenvalue weighted by Crippen LogP contribution is 2.29. The maximum atomic E-state index is 9.24. The highest BCUT2D eigenvalue weighted by molar-refractivity contribution is 7.15. The summed E-state index contributed by atoms with van der Waals surface area (Å²) in [6.07, 6.45) is 0.850. The molecule has 1 aromatic carbocycles. The summed E-state index contributed by atoms with van der Waals surface area (Å²) in [7, 11) is 1.65. The Balaban J connectivity index is 2.35. The third-order valence-electron chi connectivity index (χ3n) is 2.59. The highest BCUT2D eigenvalue weighted by atomic mass is 32.1. The standard InChI is InChI=1S/C13H15NO2S/c1-3-11-12(8-15)17-13(14-11)9-4-6-10(16-2)7-5-9/h4-7,15H,3,8H2,1-2H3. The molecule has 0 saturated heterocycles. The van der Waals surface area contributed by atoms with Gasteiger partial charge in [-0.15, -0.1) is 11.3 Å². The lowest BCUT2D eigenvalue weighted by atomic mass is 10.2. The molecule has 1 heterocycles. The molecule has 2 rings (SSSR count). The van der Waals surface area contributed by atoms with Gasteiger partial charge in [0.1, 0.15) is 10.8 Å². The maximum Gasteiger partial charge on any atom is 0.123 e. The lowest BCUT2D eigenvalue weighted by molar-refractivity contribution is 0.284. The van der Waals surface area contributed by atoms with E-state index < -0.39 is 0 Å². The van der Waals surface area contributed by atoms with Crippen molar-refractivity contribution in [3.05, 3.63) is 34.8 Å². The maximum absolute atomic E-state index is 9.24. The van der Waals surface area contributed by atoms with E-state index in [1.165, 1.54) is 0 Å². The Morgan fingerprint density at radius 2 is 2.00 bits per heavy atom. The van der Waals surface area contributed by atoms with Crippen molar-refractivity contribution in [1.82, 2.24) is 4.98 Å². The summed E-state index contributed by atoms with van der Waals surface area (Å²) in [6, 6.07) is 7.80. The van der Waals surface area contributed by atoms with E-state index in [1.54, 1.807) is 18.4 Å². The molecule has 1 aromatic heterocycles. The van der Waals surface area contributed by atoms with E-state index in [9.17, 15) is 5.11 Å². The van der Waals surface area contributed by atoms with Crippen LogP contribution in [0.2, 0.25) is 0 Å². The summed E-state index contributed by atoms with van der Waals surface area (Å²) in [5.41, 5.74) is 2.05. The summed E-state index contributed by atoms with van der Waals surface area (Å²) in [6.45, 7) is 2.11. The van der Waals surface area contributed by atoms with Gasteiger partial charge in [-0.1, -0.05) is 6.92 Å². The number of benzene rings is 1. The predicted molar refractivity (Wildman–Crippen MR) is 69.4 cm³/mol. The number of aliphatic hydroxyl groups excluding tert-OH is 1. The SMILES string of the molecule is CCc1nc(-c2ccc(OC)cc2)sc1CO. The van der Waals surface area contributed by atoms with E-state index in [2.05, 4.69) is 4.98 Å². The zero-order valence-electron chi connectivity index (χ0n) is 9.93. The second kappa shape index (κ2) is 5.29. The van der Waals surface area contributed by atoms with Gasteiger partial charge in [0.25, 0.3) is 0 Å². The molecule has 0 aliphatic rings. The smallest absolute Gasteiger partial charge is 0.123 e. The number of aromatic nitrogens is 1. The molecule has 17 heavy (non-hydrogen) atoms. The van der Waals surface area contributed by atoms with Gasteiger partial charge < -0.3 is 9.84 Å². The Labute approximate surface area is 105 Å². The number of methoxy groups -OCH3 is 1. The second-order valence-corrected chi connectivity index (χ2v) is 4.71. The first-order valence-corrected chi connectivity index (χ1v) is 6.34. The zero-order chi connectivity index (χ0) is 12.3. The molecule has 0 aliphatic carbocycles. The van der Waals surface area contributed by atoms with Crippen molar-refractivity contribution < 1.29 is 9.84 Å². The van der Waals surface area contributed by atoms with Crippen molar-refractivity contribution in [3.8, 4) is 16.3 Å². The monoisotopic (exact) mass is 249 g/mol. The molecule has 0 spiro atoms. The van der Waals surface area contributed by atoms with Gasteiger partial charge in [-0.3, -0.25) is 0 Å². The van der Waals surface area contributed by atoms with Crippen LogP contribution in [-0.2, 0) is 13.0 Å². The van der Waals surface area contributed by atoms with Gasteiger partial charge in [0.15, 0.2) is 0 Å². The van der Waals surface area contributed by atoms with Gasteiger partial charge >= 0.3 is 0 Å². The number of nitrogens with zero attached hydrogens (tertiary/aromatic N) is 1. The van der Waals surface area contributed by atoms with E-state index in [4.69, 9.17) is 4.74 Å². The minimum absolute atomic E-state index is 0.0665. The summed E-state index contributed by atoms with van der Waals surface area (Å²) in [4.78, 5) is 5.50. The van der Waals surface area contributed by atoms with Crippen molar-refractivity contribution in [2.45, 2.75) is 20.0 Å². The fourth-order valence-corrected chi connectivity index (χ4v) is 2.66. The van der Waals surface area contributed by atoms with Crippen LogP contribution in [0.1, 0.15) is 17.5 Å². The number of rotatable bonds is 4. The molecule has 2 aromatic rings. The highest BCUT2D eigenvalue weighted by Gasteiger charge is 2.10. The largest absolute Gasteiger partial charge is 0.497 e. The van der Waals surface area contributed by atoms with Crippen LogP contribution >= 0.6 is 11.3 Å². The van der Waals surface area contributed by atoms with Crippen molar-refractivity contribution in [1.29, 1.82) is 0 Å². The van der Waals surface area contributed by atoms with Gasteiger partial charge in [-0.05, 0) is 30.7 Å². The molecule has 3 nitrogen and oxygen atoms in total. The van der Waals surface area contributed by atoms with Crippen molar-refractivity contribution >= 4 is 11.3 Å². The number of aryl methyl sites for hydroxylation is 1. The molecule has 0 unspecified atom stereocenters. The first kappa shape index (κ1) is 12.1.